The van der Waals surface area contributed by atoms with Crippen molar-refractivity contribution in [3.63, 3.8) is 0 Å². The van der Waals surface area contributed by atoms with Crippen molar-refractivity contribution in [3.8, 4) is 0 Å². The van der Waals surface area contributed by atoms with Gasteiger partial charge in [-0.1, -0.05) is 97.3 Å². The maximum atomic E-state index is 10.7. The zero-order valence-corrected chi connectivity index (χ0v) is 19.5. The Balaban J connectivity index is 4.05. The number of carbonyl (C=O) groups is 1. The SMILES string of the molecule is CCCCCCCCCN(CCCCCCCCC)C(C)CCCCC(=O)O. The molecular weight excluding hydrogens is 346 g/mol. The van der Waals surface area contributed by atoms with E-state index in [0.29, 0.717) is 12.5 Å². The van der Waals surface area contributed by atoms with Crippen molar-refractivity contribution in [1.29, 1.82) is 0 Å². The monoisotopic (exact) mass is 397 g/mol. The van der Waals surface area contributed by atoms with Gasteiger partial charge in [-0.05, 0) is 45.7 Å². The van der Waals surface area contributed by atoms with E-state index in [2.05, 4.69) is 25.7 Å². The highest BCUT2D eigenvalue weighted by Gasteiger charge is 2.13. The molecule has 0 aliphatic heterocycles. The third-order valence-electron chi connectivity index (χ3n) is 5.98. The van der Waals surface area contributed by atoms with Crippen LogP contribution in [0, 0.1) is 0 Å². The van der Waals surface area contributed by atoms with Crippen molar-refractivity contribution in [2.45, 2.75) is 142 Å². The molecule has 0 heterocycles. The fourth-order valence-corrected chi connectivity index (χ4v) is 4.00. The molecule has 1 N–H and O–H groups in total. The molecule has 0 amide bonds. The third kappa shape index (κ3) is 18.8. The molecule has 0 saturated heterocycles. The maximum Gasteiger partial charge on any atom is 0.303 e. The standard InChI is InChI=1S/C25H51NO2/c1-4-6-8-10-12-14-18-22-26(23-19-15-13-11-9-7-5-2)24(3)20-16-17-21-25(27)28/h24H,4-23H2,1-3H3,(H,27,28). The second-order valence-corrected chi connectivity index (χ2v) is 8.77. The largest absolute Gasteiger partial charge is 0.481 e. The van der Waals surface area contributed by atoms with Crippen LogP contribution in [0.5, 0.6) is 0 Å². The second kappa shape index (κ2) is 21.1. The Bertz CT molecular complexity index is 315. The number of unbranched alkanes of at least 4 members (excludes halogenated alkanes) is 13. The van der Waals surface area contributed by atoms with E-state index < -0.39 is 5.97 Å². The number of carboxylic acids is 1. The molecule has 0 aromatic rings. The molecule has 168 valence electrons. The average Bonchev–Trinajstić information content (AvgIpc) is 2.67. The summed E-state index contributed by atoms with van der Waals surface area (Å²) in [6, 6.07) is 0.592. The highest BCUT2D eigenvalue weighted by atomic mass is 16.4. The highest BCUT2D eigenvalue weighted by Crippen LogP contribution is 2.15. The fourth-order valence-electron chi connectivity index (χ4n) is 4.00. The van der Waals surface area contributed by atoms with Crippen LogP contribution in [0.3, 0.4) is 0 Å². The van der Waals surface area contributed by atoms with Crippen LogP contribution in [0.15, 0.2) is 0 Å². The molecule has 0 aromatic heterocycles. The van der Waals surface area contributed by atoms with E-state index >= 15 is 0 Å². The Labute approximate surface area is 176 Å². The summed E-state index contributed by atoms with van der Waals surface area (Å²) in [5.41, 5.74) is 0. The molecule has 0 aromatic carbocycles. The molecule has 3 nitrogen and oxygen atoms in total. The van der Waals surface area contributed by atoms with Crippen molar-refractivity contribution >= 4 is 5.97 Å². The van der Waals surface area contributed by atoms with E-state index in [9.17, 15) is 4.79 Å². The third-order valence-corrected chi connectivity index (χ3v) is 5.98. The first-order valence-corrected chi connectivity index (χ1v) is 12.6. The number of nitrogens with zero attached hydrogens (tertiary/aromatic N) is 1. The number of hydrogen-bond donors (Lipinski definition) is 1. The van der Waals surface area contributed by atoms with Gasteiger partial charge < -0.3 is 10.0 Å². The van der Waals surface area contributed by atoms with E-state index in [-0.39, 0.29) is 0 Å². The summed E-state index contributed by atoms with van der Waals surface area (Å²) in [7, 11) is 0. The minimum Gasteiger partial charge on any atom is -0.481 e. The lowest BCUT2D eigenvalue weighted by Gasteiger charge is -2.29. The lowest BCUT2D eigenvalue weighted by molar-refractivity contribution is -0.137. The normalized spacial score (nSPS) is 12.6. The van der Waals surface area contributed by atoms with Gasteiger partial charge in [-0.25, -0.2) is 0 Å². The van der Waals surface area contributed by atoms with Crippen LogP contribution >= 0.6 is 0 Å². The fraction of sp³-hybridized carbons (Fsp3) is 0.960. The first-order valence-electron chi connectivity index (χ1n) is 12.6. The molecule has 0 spiro atoms. The summed E-state index contributed by atoms with van der Waals surface area (Å²) >= 11 is 0. The zero-order chi connectivity index (χ0) is 20.9. The lowest BCUT2D eigenvalue weighted by atomic mass is 10.0. The average molecular weight is 398 g/mol. The number of carboxylic acid groups (broad SMARTS) is 1. The van der Waals surface area contributed by atoms with Gasteiger partial charge in [0.05, 0.1) is 0 Å². The van der Waals surface area contributed by atoms with Gasteiger partial charge in [-0.2, -0.15) is 0 Å². The summed E-state index contributed by atoms with van der Waals surface area (Å²) in [4.78, 5) is 13.4. The summed E-state index contributed by atoms with van der Waals surface area (Å²) in [5, 5.41) is 8.82. The molecule has 0 fully saturated rings. The number of rotatable bonds is 22. The molecule has 3 heteroatoms. The smallest absolute Gasteiger partial charge is 0.303 e. The van der Waals surface area contributed by atoms with Gasteiger partial charge in [0.2, 0.25) is 0 Å². The molecule has 0 bridgehead atoms. The first kappa shape index (κ1) is 27.4. The van der Waals surface area contributed by atoms with E-state index in [4.69, 9.17) is 5.11 Å². The van der Waals surface area contributed by atoms with E-state index in [1.165, 1.54) is 103 Å². The molecule has 0 aliphatic carbocycles. The van der Waals surface area contributed by atoms with E-state index in [1.807, 2.05) is 0 Å². The lowest BCUT2D eigenvalue weighted by Crippen LogP contribution is -2.35. The minimum absolute atomic E-state index is 0.322. The predicted octanol–water partition coefficient (Wildman–Crippen LogP) is 7.82. The number of hydrogen-bond acceptors (Lipinski definition) is 2. The second-order valence-electron chi connectivity index (χ2n) is 8.77. The van der Waals surface area contributed by atoms with E-state index in [1.54, 1.807) is 0 Å². The number of aliphatic carboxylic acids is 1. The summed E-state index contributed by atoms with van der Waals surface area (Å²) < 4.78 is 0. The van der Waals surface area contributed by atoms with Crippen molar-refractivity contribution in [2.75, 3.05) is 13.1 Å². The summed E-state index contributed by atoms with van der Waals surface area (Å²) in [6.45, 7) is 9.36. The molecule has 0 saturated carbocycles. The van der Waals surface area contributed by atoms with Crippen molar-refractivity contribution in [3.05, 3.63) is 0 Å². The Morgan fingerprint density at radius 2 is 1.11 bits per heavy atom. The van der Waals surface area contributed by atoms with Gasteiger partial charge in [0.25, 0.3) is 0 Å². The molecule has 0 aliphatic rings. The molecule has 1 unspecified atom stereocenters. The van der Waals surface area contributed by atoms with Gasteiger partial charge >= 0.3 is 5.97 Å². The Morgan fingerprint density at radius 1 is 0.679 bits per heavy atom. The van der Waals surface area contributed by atoms with Gasteiger partial charge in [0, 0.05) is 12.5 Å². The van der Waals surface area contributed by atoms with Crippen LogP contribution in [-0.4, -0.2) is 35.1 Å². The molecule has 28 heavy (non-hydrogen) atoms. The quantitative estimate of drug-likeness (QED) is 0.189. The Morgan fingerprint density at radius 3 is 1.54 bits per heavy atom. The van der Waals surface area contributed by atoms with Crippen molar-refractivity contribution in [1.82, 2.24) is 4.90 Å². The molecule has 0 radical (unpaired) electrons. The predicted molar refractivity (Wildman–Crippen MR) is 123 cm³/mol. The van der Waals surface area contributed by atoms with Gasteiger partial charge in [-0.15, -0.1) is 0 Å². The Kier molecular flexibility index (Phi) is 20.7. The molecule has 0 rings (SSSR count). The topological polar surface area (TPSA) is 40.5 Å². The van der Waals surface area contributed by atoms with E-state index in [0.717, 1.165) is 19.3 Å². The van der Waals surface area contributed by atoms with Gasteiger partial charge in [0.15, 0.2) is 0 Å². The van der Waals surface area contributed by atoms with Crippen LogP contribution in [0.2, 0.25) is 0 Å². The van der Waals surface area contributed by atoms with Gasteiger partial charge in [0.1, 0.15) is 0 Å². The first-order chi connectivity index (χ1) is 13.6. The van der Waals surface area contributed by atoms with Crippen LogP contribution in [0.4, 0.5) is 0 Å². The Hall–Kier alpha value is -0.570. The highest BCUT2D eigenvalue weighted by molar-refractivity contribution is 5.66. The van der Waals surface area contributed by atoms with Crippen LogP contribution in [-0.2, 0) is 4.79 Å². The van der Waals surface area contributed by atoms with Crippen LogP contribution < -0.4 is 0 Å². The minimum atomic E-state index is -0.657. The van der Waals surface area contributed by atoms with Gasteiger partial charge in [-0.3, -0.25) is 4.79 Å². The summed E-state index contributed by atoms with van der Waals surface area (Å²) in [6.07, 6.45) is 22.5. The van der Waals surface area contributed by atoms with Crippen LogP contribution in [0.1, 0.15) is 136 Å². The van der Waals surface area contributed by atoms with Crippen molar-refractivity contribution in [2.24, 2.45) is 0 Å². The molecular formula is C25H51NO2. The zero-order valence-electron chi connectivity index (χ0n) is 19.5. The maximum absolute atomic E-state index is 10.7. The molecule has 1 atom stereocenters. The summed E-state index contributed by atoms with van der Waals surface area (Å²) in [5.74, 6) is -0.657. The van der Waals surface area contributed by atoms with Crippen LogP contribution in [0.25, 0.3) is 0 Å². The van der Waals surface area contributed by atoms with Crippen molar-refractivity contribution < 1.29 is 9.90 Å².